The summed E-state index contributed by atoms with van der Waals surface area (Å²) in [6, 6.07) is 5.57. The number of fused-ring (bicyclic) bond motifs is 4. The molecule has 2 aromatic rings. The Morgan fingerprint density at radius 1 is 1.10 bits per heavy atom. The molecule has 0 spiro atoms. The number of halogens is 5. The first kappa shape index (κ1) is 29.1. The van der Waals surface area contributed by atoms with Crippen LogP contribution in [0, 0.1) is 11.2 Å². The van der Waals surface area contributed by atoms with Crippen LogP contribution in [0.25, 0.3) is 0 Å². The van der Waals surface area contributed by atoms with Crippen molar-refractivity contribution in [3.8, 4) is 0 Å². The number of hydrogen-bond donors (Lipinski definition) is 0. The lowest BCUT2D eigenvalue weighted by Gasteiger charge is -2.52. The fourth-order valence-electron chi connectivity index (χ4n) is 5.86. The van der Waals surface area contributed by atoms with Gasteiger partial charge in [0.1, 0.15) is 18.2 Å². The van der Waals surface area contributed by atoms with Gasteiger partial charge >= 0.3 is 18.2 Å². The minimum Gasteiger partial charge on any atom is -0.350 e. The summed E-state index contributed by atoms with van der Waals surface area (Å²) in [6.45, 7) is 5.58. The van der Waals surface area contributed by atoms with Crippen molar-refractivity contribution in [3.63, 3.8) is 0 Å². The normalized spacial score (nSPS) is 24.1. The maximum Gasteiger partial charge on any atom is 0.497 e. The number of piperazine rings is 1. The van der Waals surface area contributed by atoms with Crippen molar-refractivity contribution in [2.75, 3.05) is 36.5 Å². The van der Waals surface area contributed by atoms with Gasteiger partial charge in [-0.2, -0.15) is 13.2 Å². The van der Waals surface area contributed by atoms with Gasteiger partial charge in [0, 0.05) is 48.7 Å². The molecule has 1 aromatic heterocycles. The third-order valence-corrected chi connectivity index (χ3v) is 7.79. The smallest absolute Gasteiger partial charge is 0.350 e. The van der Waals surface area contributed by atoms with Crippen LogP contribution in [0.15, 0.2) is 30.3 Å². The molecule has 14 heteroatoms. The van der Waals surface area contributed by atoms with Crippen LogP contribution in [0.3, 0.4) is 0 Å². The van der Waals surface area contributed by atoms with Gasteiger partial charge in [-0.05, 0) is 41.8 Å². The van der Waals surface area contributed by atoms with Crippen molar-refractivity contribution < 1.29 is 36.8 Å². The molecule has 2 bridgehead atoms. The van der Waals surface area contributed by atoms with Crippen molar-refractivity contribution >= 4 is 46.8 Å². The van der Waals surface area contributed by atoms with Gasteiger partial charge in [0.2, 0.25) is 11.5 Å². The zero-order valence-corrected chi connectivity index (χ0v) is 23.6. The van der Waals surface area contributed by atoms with Crippen LogP contribution in [0.2, 0.25) is 5.02 Å². The SMILES string of the molecule is CN1C(=O)[N+](CC(C)(C)C)(OC(=O)C(F)(F)F)c2ccc(N3CC4CCC3CN4C(=O)c3cc(Cl)ccc3F)nc21. The number of hydroxylamine groups is 2. The number of quaternary nitrogens is 1. The first-order chi connectivity index (χ1) is 19.0. The van der Waals surface area contributed by atoms with E-state index < -0.39 is 40.0 Å². The molecule has 3 saturated heterocycles. The van der Waals surface area contributed by atoms with Crippen LogP contribution in [0.5, 0.6) is 0 Å². The Balaban J connectivity index is 1.45. The van der Waals surface area contributed by atoms with Gasteiger partial charge in [0.25, 0.3) is 5.91 Å². The molecule has 5 heterocycles. The summed E-state index contributed by atoms with van der Waals surface area (Å²) in [5.74, 6) is -3.06. The van der Waals surface area contributed by atoms with Crippen molar-refractivity contribution in [2.45, 2.75) is 51.9 Å². The number of nitrogens with zero attached hydrogens (tertiary/aromatic N) is 5. The van der Waals surface area contributed by atoms with Gasteiger partial charge in [0.05, 0.1) is 5.56 Å². The van der Waals surface area contributed by atoms with Crippen molar-refractivity contribution in [1.82, 2.24) is 14.5 Å². The zero-order valence-electron chi connectivity index (χ0n) is 22.8. The predicted octanol–water partition coefficient (Wildman–Crippen LogP) is 5.31. The van der Waals surface area contributed by atoms with Gasteiger partial charge in [-0.25, -0.2) is 23.9 Å². The topological polar surface area (TPSA) is 83.0 Å². The van der Waals surface area contributed by atoms with Gasteiger partial charge in [-0.3, -0.25) is 9.63 Å². The Morgan fingerprint density at radius 3 is 2.39 bits per heavy atom. The van der Waals surface area contributed by atoms with E-state index in [9.17, 15) is 31.9 Å². The second-order valence-electron chi connectivity index (χ2n) is 11.8. The summed E-state index contributed by atoms with van der Waals surface area (Å²) in [4.78, 5) is 52.9. The summed E-state index contributed by atoms with van der Waals surface area (Å²) < 4.78 is 52.9. The van der Waals surface area contributed by atoms with E-state index in [4.69, 9.17) is 16.4 Å². The number of hydrogen-bond acceptors (Lipinski definition) is 6. The van der Waals surface area contributed by atoms with Crippen LogP contribution < -0.4 is 14.4 Å². The molecule has 4 aliphatic rings. The van der Waals surface area contributed by atoms with Crippen LogP contribution in [-0.2, 0) is 9.63 Å². The Kier molecular flexibility index (Phi) is 6.97. The van der Waals surface area contributed by atoms with E-state index in [1.807, 2.05) is 4.90 Å². The van der Waals surface area contributed by atoms with Crippen molar-refractivity contribution in [2.24, 2.45) is 5.41 Å². The lowest BCUT2D eigenvalue weighted by molar-refractivity contribution is -0.226. The highest BCUT2D eigenvalue weighted by Crippen LogP contribution is 2.46. The first-order valence-electron chi connectivity index (χ1n) is 13.0. The lowest BCUT2D eigenvalue weighted by Crippen LogP contribution is -2.64. The molecular weight excluding hydrogens is 570 g/mol. The van der Waals surface area contributed by atoms with Gasteiger partial charge < -0.3 is 9.80 Å². The van der Waals surface area contributed by atoms with Crippen molar-refractivity contribution in [1.29, 1.82) is 0 Å². The van der Waals surface area contributed by atoms with E-state index in [2.05, 4.69) is 4.98 Å². The summed E-state index contributed by atoms with van der Waals surface area (Å²) in [5, 5.41) is 0.251. The summed E-state index contributed by atoms with van der Waals surface area (Å²) >= 11 is 5.99. The molecule has 4 aliphatic heterocycles. The number of carbonyl (C=O) groups is 3. The summed E-state index contributed by atoms with van der Waals surface area (Å²) in [7, 11) is 1.37. The summed E-state index contributed by atoms with van der Waals surface area (Å²) in [6.07, 6.45) is -3.88. The summed E-state index contributed by atoms with van der Waals surface area (Å²) in [5.41, 5.74) is -0.800. The molecule has 9 nitrogen and oxygen atoms in total. The highest BCUT2D eigenvalue weighted by Gasteiger charge is 2.61. The number of rotatable bonds is 4. The van der Waals surface area contributed by atoms with E-state index in [1.165, 1.54) is 25.2 Å². The average Bonchev–Trinajstić information content (AvgIpc) is 3.09. The van der Waals surface area contributed by atoms with Gasteiger partial charge in [0.15, 0.2) is 0 Å². The fourth-order valence-corrected chi connectivity index (χ4v) is 6.04. The molecule has 3 atom stereocenters. The number of aromatic nitrogens is 1. The molecule has 1 aromatic carbocycles. The molecule has 0 N–H and O–H groups in total. The van der Waals surface area contributed by atoms with E-state index in [0.29, 0.717) is 25.3 Å². The molecule has 0 saturated carbocycles. The molecule has 41 heavy (non-hydrogen) atoms. The Morgan fingerprint density at radius 2 is 1.78 bits per heavy atom. The average molecular weight is 599 g/mol. The van der Waals surface area contributed by atoms with Crippen LogP contribution in [0.1, 0.15) is 44.0 Å². The molecule has 6 rings (SSSR count). The molecule has 0 radical (unpaired) electrons. The molecule has 3 amide bonds. The number of piperidine rings is 2. The van der Waals surface area contributed by atoms with Crippen LogP contribution in [-0.4, -0.2) is 72.7 Å². The number of pyridine rings is 1. The van der Waals surface area contributed by atoms with E-state index in [0.717, 1.165) is 17.4 Å². The Bertz CT molecular complexity index is 1430. The fraction of sp³-hybridized carbons (Fsp3) is 0.481. The van der Waals surface area contributed by atoms with E-state index in [1.54, 1.807) is 31.7 Å². The number of alkyl halides is 3. The standard InChI is InChI=1S/C27H29ClF4N5O4/c1-26(2,3)14-37(41-24(39)27(30,31)32)20-9-10-21(33-22(20)34(4)25(37)40)35-12-17-7-6-16(35)13-36(17)23(38)18-11-15(28)5-8-19(18)29/h5,8-11,16-17H,6-7,12-14H2,1-4H3/q+1. The number of benzene rings is 1. The molecular formula is C27H29ClF4N5O4+. The zero-order chi connectivity index (χ0) is 30.1. The maximum atomic E-state index is 14.4. The lowest BCUT2D eigenvalue weighted by atomic mass is 9.90. The number of anilines is 2. The molecule has 220 valence electrons. The molecule has 0 aliphatic carbocycles. The van der Waals surface area contributed by atoms with E-state index >= 15 is 0 Å². The van der Waals surface area contributed by atoms with Gasteiger partial charge in [-0.15, -0.1) is 0 Å². The second-order valence-corrected chi connectivity index (χ2v) is 12.2. The third-order valence-electron chi connectivity index (χ3n) is 7.55. The number of urea groups is 1. The second kappa shape index (κ2) is 9.83. The van der Waals surface area contributed by atoms with Gasteiger partial charge in [-0.1, -0.05) is 32.4 Å². The van der Waals surface area contributed by atoms with Crippen molar-refractivity contribution in [3.05, 3.63) is 46.7 Å². The third kappa shape index (κ3) is 5.09. The molecule has 3 fully saturated rings. The van der Waals surface area contributed by atoms with Crippen LogP contribution in [0.4, 0.5) is 39.7 Å². The highest BCUT2D eigenvalue weighted by atomic mass is 35.5. The number of amides is 3. The Hall–Kier alpha value is -3.45. The quantitative estimate of drug-likeness (QED) is 0.350. The minimum atomic E-state index is -5.30. The monoisotopic (exact) mass is 598 g/mol. The molecule has 3 unspecified atom stereocenters. The van der Waals surface area contributed by atoms with E-state index in [-0.39, 0.29) is 40.7 Å². The largest absolute Gasteiger partial charge is 0.497 e. The highest BCUT2D eigenvalue weighted by molar-refractivity contribution is 6.31. The maximum absolute atomic E-state index is 14.4. The predicted molar refractivity (Wildman–Crippen MR) is 143 cm³/mol. The number of carbonyl (C=O) groups excluding carboxylic acids is 3. The minimum absolute atomic E-state index is 0.0178. The first-order valence-corrected chi connectivity index (χ1v) is 13.4. The Labute approximate surface area is 238 Å². The van der Waals surface area contributed by atoms with Crippen LogP contribution >= 0.6 is 11.6 Å².